The smallest absolute Gasteiger partial charge is 0.254 e. The van der Waals surface area contributed by atoms with Crippen LogP contribution >= 0.6 is 23.1 Å². The average molecular weight is 631 g/mol. The molecule has 0 bridgehead atoms. The van der Waals surface area contributed by atoms with E-state index in [-0.39, 0.29) is 35.4 Å². The van der Waals surface area contributed by atoms with Crippen molar-refractivity contribution < 1.29 is 14.4 Å². The lowest BCUT2D eigenvalue weighted by Crippen LogP contribution is -2.33. The van der Waals surface area contributed by atoms with Gasteiger partial charge in [-0.05, 0) is 61.8 Å². The molecule has 230 valence electrons. The van der Waals surface area contributed by atoms with Crippen molar-refractivity contribution >= 4 is 45.8 Å². The van der Waals surface area contributed by atoms with Crippen molar-refractivity contribution in [1.82, 2.24) is 25.4 Å². The molecule has 0 radical (unpaired) electrons. The predicted molar refractivity (Wildman–Crippen MR) is 175 cm³/mol. The first kappa shape index (κ1) is 31.5. The number of amides is 3. The first-order valence-corrected chi connectivity index (χ1v) is 16.8. The molecule has 3 amide bonds. The molecule has 11 heteroatoms. The summed E-state index contributed by atoms with van der Waals surface area (Å²) < 4.78 is 1.94. The van der Waals surface area contributed by atoms with Gasteiger partial charge >= 0.3 is 0 Å². The number of hydrogen-bond donors (Lipinski definition) is 3. The molecule has 44 heavy (non-hydrogen) atoms. The SMILES string of the molecule is CCn1c(SCC(=O)Nc2sc3c(c2C(=O)NCc2ccccc2)CCCC3)nnc1[C@H](NC(=O)c1ccccc1)C(C)C. The number of rotatable bonds is 12. The van der Waals surface area contributed by atoms with Crippen molar-refractivity contribution in [2.24, 2.45) is 5.92 Å². The lowest BCUT2D eigenvalue weighted by atomic mass is 9.95. The van der Waals surface area contributed by atoms with E-state index in [1.54, 1.807) is 12.1 Å². The number of aromatic nitrogens is 3. The van der Waals surface area contributed by atoms with Crippen LogP contribution in [-0.2, 0) is 30.7 Å². The molecular formula is C33H38N6O3S2. The summed E-state index contributed by atoms with van der Waals surface area (Å²) in [5.41, 5.74) is 3.25. The van der Waals surface area contributed by atoms with E-state index < -0.39 is 0 Å². The number of nitrogens with zero attached hydrogens (tertiary/aromatic N) is 3. The van der Waals surface area contributed by atoms with Crippen LogP contribution in [0.25, 0.3) is 0 Å². The molecule has 1 aliphatic carbocycles. The third kappa shape index (κ3) is 7.39. The molecule has 5 rings (SSSR count). The molecule has 0 saturated heterocycles. The number of fused-ring (bicyclic) bond motifs is 1. The number of nitrogens with one attached hydrogen (secondary N) is 3. The third-order valence-corrected chi connectivity index (χ3v) is 9.78. The second kappa shape index (κ2) is 14.7. The van der Waals surface area contributed by atoms with Gasteiger partial charge in [0, 0.05) is 23.5 Å². The Morgan fingerprint density at radius 2 is 1.66 bits per heavy atom. The van der Waals surface area contributed by atoms with E-state index in [2.05, 4.69) is 26.1 Å². The minimum absolute atomic E-state index is 0.0645. The van der Waals surface area contributed by atoms with Crippen molar-refractivity contribution in [2.45, 2.75) is 70.7 Å². The number of carbonyl (C=O) groups is 3. The molecule has 0 fully saturated rings. The number of anilines is 1. The summed E-state index contributed by atoms with van der Waals surface area (Å²) in [6.07, 6.45) is 3.87. The van der Waals surface area contributed by atoms with Crippen molar-refractivity contribution in [2.75, 3.05) is 11.1 Å². The van der Waals surface area contributed by atoms with Gasteiger partial charge < -0.3 is 20.5 Å². The highest BCUT2D eigenvalue weighted by Crippen LogP contribution is 2.38. The summed E-state index contributed by atoms with van der Waals surface area (Å²) in [7, 11) is 0. The van der Waals surface area contributed by atoms with Crippen LogP contribution in [0.3, 0.4) is 0 Å². The number of carbonyl (C=O) groups excluding carboxylic acids is 3. The predicted octanol–water partition coefficient (Wildman–Crippen LogP) is 6.03. The highest BCUT2D eigenvalue weighted by Gasteiger charge is 2.28. The fraction of sp³-hybridized carbons (Fsp3) is 0.364. The average Bonchev–Trinajstić information content (AvgIpc) is 3.62. The summed E-state index contributed by atoms with van der Waals surface area (Å²) in [6, 6.07) is 18.5. The summed E-state index contributed by atoms with van der Waals surface area (Å²) >= 11 is 2.80. The van der Waals surface area contributed by atoms with Crippen LogP contribution in [0.4, 0.5) is 5.00 Å². The maximum atomic E-state index is 13.4. The number of aryl methyl sites for hydroxylation is 1. The molecule has 0 aliphatic heterocycles. The zero-order valence-corrected chi connectivity index (χ0v) is 26.9. The van der Waals surface area contributed by atoms with Crippen molar-refractivity contribution in [3.8, 4) is 0 Å². The molecule has 4 aromatic rings. The van der Waals surface area contributed by atoms with Gasteiger partial charge in [0.05, 0.1) is 17.4 Å². The van der Waals surface area contributed by atoms with E-state index in [1.165, 1.54) is 28.0 Å². The van der Waals surface area contributed by atoms with Crippen LogP contribution in [0.5, 0.6) is 0 Å². The molecule has 2 heterocycles. The summed E-state index contributed by atoms with van der Waals surface area (Å²) in [4.78, 5) is 40.7. The molecule has 0 unspecified atom stereocenters. The molecular weight excluding hydrogens is 593 g/mol. The molecule has 0 spiro atoms. The highest BCUT2D eigenvalue weighted by molar-refractivity contribution is 7.99. The van der Waals surface area contributed by atoms with Crippen molar-refractivity contribution in [3.05, 3.63) is 93.6 Å². The molecule has 2 aromatic carbocycles. The lowest BCUT2D eigenvalue weighted by molar-refractivity contribution is -0.113. The van der Waals surface area contributed by atoms with Crippen LogP contribution < -0.4 is 16.0 Å². The van der Waals surface area contributed by atoms with Crippen LogP contribution in [-0.4, -0.2) is 38.2 Å². The maximum Gasteiger partial charge on any atom is 0.254 e. The van der Waals surface area contributed by atoms with Gasteiger partial charge in [-0.1, -0.05) is 74.1 Å². The molecule has 9 nitrogen and oxygen atoms in total. The van der Waals surface area contributed by atoms with Crippen molar-refractivity contribution in [3.63, 3.8) is 0 Å². The van der Waals surface area contributed by atoms with Gasteiger partial charge in [0.15, 0.2) is 11.0 Å². The van der Waals surface area contributed by atoms with Gasteiger partial charge in [-0.2, -0.15) is 0 Å². The Hall–Kier alpha value is -3.96. The summed E-state index contributed by atoms with van der Waals surface area (Å²) in [6.45, 7) is 7.05. The van der Waals surface area contributed by atoms with Crippen LogP contribution in [0.1, 0.15) is 82.2 Å². The Balaban J connectivity index is 1.27. The maximum absolute atomic E-state index is 13.4. The number of thioether (sulfide) groups is 1. The van der Waals surface area contributed by atoms with Gasteiger partial charge in [-0.3, -0.25) is 14.4 Å². The van der Waals surface area contributed by atoms with E-state index in [1.807, 2.05) is 73.9 Å². The quantitative estimate of drug-likeness (QED) is 0.165. The summed E-state index contributed by atoms with van der Waals surface area (Å²) in [5, 5.41) is 19.2. The Bertz CT molecular complexity index is 1600. The standard InChI is InChI=1S/C33H38N6O3S2/c1-4-39-29(28(21(2)3)36-30(41)23-15-9-6-10-16-23)37-38-33(39)43-20-26(40)35-32-27(24-17-11-12-18-25(24)44-32)31(42)34-19-22-13-7-5-8-14-22/h5-10,13-16,21,28H,4,11-12,17-20H2,1-3H3,(H,34,42)(H,35,40)(H,36,41)/t28-/m1/s1. The Morgan fingerprint density at radius 3 is 2.36 bits per heavy atom. The van der Waals surface area contributed by atoms with Crippen molar-refractivity contribution in [1.29, 1.82) is 0 Å². The molecule has 1 aliphatic rings. The first-order valence-electron chi connectivity index (χ1n) is 15.0. The number of thiophene rings is 1. The Morgan fingerprint density at radius 1 is 0.955 bits per heavy atom. The molecule has 2 aromatic heterocycles. The van der Waals surface area contributed by atoms with E-state index >= 15 is 0 Å². The van der Waals surface area contributed by atoms with Gasteiger partial charge in [0.1, 0.15) is 5.00 Å². The fourth-order valence-corrected chi connectivity index (χ4v) is 7.44. The second-order valence-electron chi connectivity index (χ2n) is 11.1. The zero-order chi connectivity index (χ0) is 31.1. The minimum Gasteiger partial charge on any atom is -0.348 e. The Labute approximate surface area is 266 Å². The zero-order valence-electron chi connectivity index (χ0n) is 25.3. The normalized spacial score (nSPS) is 13.3. The van der Waals surface area contributed by atoms with Crippen LogP contribution in [0.15, 0.2) is 65.8 Å². The Kier molecular flexibility index (Phi) is 10.5. The molecule has 0 saturated carbocycles. The second-order valence-corrected chi connectivity index (χ2v) is 13.1. The van der Waals surface area contributed by atoms with E-state index in [0.717, 1.165) is 36.8 Å². The van der Waals surface area contributed by atoms with E-state index in [0.29, 0.717) is 40.2 Å². The molecule has 3 N–H and O–H groups in total. The fourth-order valence-electron chi connectivity index (χ4n) is 5.33. The lowest BCUT2D eigenvalue weighted by Gasteiger charge is -2.22. The topological polar surface area (TPSA) is 118 Å². The van der Waals surface area contributed by atoms with Gasteiger partial charge in [0.25, 0.3) is 11.8 Å². The third-order valence-electron chi connectivity index (χ3n) is 7.61. The van der Waals surface area contributed by atoms with Crippen LogP contribution in [0, 0.1) is 5.92 Å². The molecule has 1 atom stereocenters. The van der Waals surface area contributed by atoms with Gasteiger partial charge in [-0.15, -0.1) is 21.5 Å². The van der Waals surface area contributed by atoms with E-state index in [4.69, 9.17) is 0 Å². The van der Waals surface area contributed by atoms with Crippen LogP contribution in [0.2, 0.25) is 0 Å². The minimum atomic E-state index is -0.354. The first-order chi connectivity index (χ1) is 21.4. The largest absolute Gasteiger partial charge is 0.348 e. The highest BCUT2D eigenvalue weighted by atomic mass is 32.2. The number of benzene rings is 2. The van der Waals surface area contributed by atoms with Gasteiger partial charge in [-0.25, -0.2) is 0 Å². The van der Waals surface area contributed by atoms with Gasteiger partial charge in [0.2, 0.25) is 5.91 Å². The summed E-state index contributed by atoms with van der Waals surface area (Å²) in [5.74, 6) is 0.270. The monoisotopic (exact) mass is 630 g/mol. The number of hydrogen-bond acceptors (Lipinski definition) is 7. The van der Waals surface area contributed by atoms with E-state index in [9.17, 15) is 14.4 Å².